The minimum atomic E-state index is -0.475. The van der Waals surface area contributed by atoms with Gasteiger partial charge in [0.1, 0.15) is 5.52 Å². The number of aryl methyl sites for hydroxylation is 2. The van der Waals surface area contributed by atoms with E-state index < -0.39 is 5.82 Å². The van der Waals surface area contributed by atoms with E-state index in [4.69, 9.17) is 32.9 Å². The molecule has 10 rings (SSSR count). The zero-order chi connectivity index (χ0) is 34.3. The Bertz CT molecular complexity index is 2200. The van der Waals surface area contributed by atoms with Gasteiger partial charge in [-0.15, -0.1) is 11.3 Å². The maximum Gasteiger partial charge on any atom is 0.226 e. The molecule has 256 valence electrons. The lowest BCUT2D eigenvalue weighted by Gasteiger charge is -2.39. The molecular formula is C38H35Cl2FN6O2S. The minimum absolute atomic E-state index is 0.0647. The molecule has 8 nitrogen and oxygen atoms in total. The van der Waals surface area contributed by atoms with Gasteiger partial charge in [0.05, 0.1) is 56.8 Å². The molecule has 1 amide bonds. The molecule has 5 atom stereocenters. The summed E-state index contributed by atoms with van der Waals surface area (Å²) in [7, 11) is 0. The summed E-state index contributed by atoms with van der Waals surface area (Å²) in [4.78, 5) is 26.1. The highest BCUT2D eigenvalue weighted by molar-refractivity contribution is 7.09. The number of carbonyl (C=O) groups excluding carboxylic acids is 1. The van der Waals surface area contributed by atoms with Crippen LogP contribution in [0.2, 0.25) is 10.0 Å². The first-order valence-corrected chi connectivity index (χ1v) is 19.0. The number of carbonyl (C=O) groups is 1. The van der Waals surface area contributed by atoms with Crippen molar-refractivity contribution >= 4 is 62.3 Å². The molecule has 50 heavy (non-hydrogen) atoms. The third kappa shape index (κ3) is 5.24. The number of ether oxygens (including phenoxy) is 1. The van der Waals surface area contributed by atoms with Crippen LogP contribution >= 0.6 is 34.5 Å². The van der Waals surface area contributed by atoms with E-state index in [0.29, 0.717) is 59.0 Å². The lowest BCUT2D eigenvalue weighted by Crippen LogP contribution is -2.41. The Balaban J connectivity index is 1.25. The number of benzene rings is 2. The SMILES string of the molecule is Cc1nc2c(F)c(-c3cccc(Cl)c3Cl)c(CCC#N)cc2c2c1cc([C@H]1C[C@H](OCc3cncs3)CN1C(=O)C1CC1)n2[C@H]1[C@H]2CN[C@@H]1C2. The molecule has 5 fully saturated rings. The molecule has 2 saturated carbocycles. The van der Waals surface area contributed by atoms with Crippen LogP contribution in [0.25, 0.3) is 32.9 Å². The van der Waals surface area contributed by atoms with Crippen molar-refractivity contribution in [3.05, 3.63) is 79.7 Å². The summed E-state index contributed by atoms with van der Waals surface area (Å²) in [5, 5.41) is 15.5. The van der Waals surface area contributed by atoms with E-state index in [1.54, 1.807) is 35.0 Å². The van der Waals surface area contributed by atoms with Crippen molar-refractivity contribution in [1.29, 1.82) is 5.26 Å². The first-order valence-electron chi connectivity index (χ1n) is 17.3. The lowest BCUT2D eigenvalue weighted by molar-refractivity contribution is -0.134. The van der Waals surface area contributed by atoms with Gasteiger partial charge in [-0.05, 0) is 62.3 Å². The fourth-order valence-corrected chi connectivity index (χ4v) is 9.53. The molecule has 2 bridgehead atoms. The van der Waals surface area contributed by atoms with Crippen LogP contribution in [0.15, 0.2) is 42.0 Å². The molecule has 6 heterocycles. The molecular weight excluding hydrogens is 694 g/mol. The second-order valence-electron chi connectivity index (χ2n) is 14.2. The summed E-state index contributed by atoms with van der Waals surface area (Å²) >= 11 is 14.7. The quantitative estimate of drug-likeness (QED) is 0.164. The number of fused-ring (bicyclic) bond motifs is 4. The van der Waals surface area contributed by atoms with Gasteiger partial charge < -0.3 is 19.5 Å². The third-order valence-corrected chi connectivity index (χ3v) is 12.8. The summed E-state index contributed by atoms with van der Waals surface area (Å²) in [6, 6.07) is 11.9. The maximum absolute atomic E-state index is 17.1. The van der Waals surface area contributed by atoms with Crippen LogP contribution in [0.4, 0.5) is 4.39 Å². The van der Waals surface area contributed by atoms with Crippen molar-refractivity contribution in [2.75, 3.05) is 13.1 Å². The first-order chi connectivity index (χ1) is 24.3. The number of amides is 1. The Hall–Kier alpha value is -3.59. The van der Waals surface area contributed by atoms with Crippen LogP contribution in [0.5, 0.6) is 0 Å². The Morgan fingerprint density at radius 3 is 2.80 bits per heavy atom. The molecule has 5 aliphatic rings. The van der Waals surface area contributed by atoms with Crippen LogP contribution in [0.3, 0.4) is 0 Å². The number of likely N-dealkylation sites (tertiary alicyclic amines) is 1. The molecule has 3 aromatic heterocycles. The maximum atomic E-state index is 17.1. The molecule has 12 heteroatoms. The topological polar surface area (TPSA) is 96.1 Å². The predicted octanol–water partition coefficient (Wildman–Crippen LogP) is 8.33. The third-order valence-electron chi connectivity index (χ3n) is 11.2. The van der Waals surface area contributed by atoms with Crippen LogP contribution in [0.1, 0.15) is 66.0 Å². The van der Waals surface area contributed by atoms with Gasteiger partial charge in [0.2, 0.25) is 5.91 Å². The van der Waals surface area contributed by atoms with E-state index >= 15 is 4.39 Å². The molecule has 5 aromatic rings. The lowest BCUT2D eigenvalue weighted by atomic mass is 9.79. The molecule has 3 saturated heterocycles. The standard InChI is InChI=1S/C38H35Cl2FN6O2S/c1-19-26-13-31(30-12-23(49-17-24-15-43-18-50-24)16-46(30)38(48)20-7-8-20)47(36-22-11-29(36)44-14-22)37(26)27-10-21(4-3-9-42)32(34(41)35(27)45-19)25-5-2-6-28(39)33(25)40/h2,5-6,10,13,15,18,20,22-23,29-30,36,44H,3-4,7-8,11-12,14,16-17H2,1H3/t22-,23+,29-,30-,36+/m1/s1. The van der Waals surface area contributed by atoms with Gasteiger partial charge in [-0.2, -0.15) is 5.26 Å². The van der Waals surface area contributed by atoms with E-state index in [2.05, 4.69) is 31.9 Å². The summed E-state index contributed by atoms with van der Waals surface area (Å²) < 4.78 is 26.0. The van der Waals surface area contributed by atoms with Crippen molar-refractivity contribution < 1.29 is 13.9 Å². The number of hydrogen-bond acceptors (Lipinski definition) is 7. The van der Waals surface area contributed by atoms with Gasteiger partial charge in [-0.25, -0.2) is 9.37 Å². The molecule has 2 aromatic carbocycles. The van der Waals surface area contributed by atoms with Crippen molar-refractivity contribution in [1.82, 2.24) is 24.8 Å². The number of hydrogen-bond donors (Lipinski definition) is 1. The van der Waals surface area contributed by atoms with Crippen LogP contribution in [-0.4, -0.2) is 50.6 Å². The monoisotopic (exact) mass is 728 g/mol. The molecule has 0 unspecified atom stereocenters. The predicted molar refractivity (Wildman–Crippen MR) is 193 cm³/mol. The average molecular weight is 730 g/mol. The second-order valence-corrected chi connectivity index (χ2v) is 16.0. The number of nitrogens with zero attached hydrogens (tertiary/aromatic N) is 5. The summed E-state index contributed by atoms with van der Waals surface area (Å²) in [5.74, 6) is 0.210. The van der Waals surface area contributed by atoms with Gasteiger partial charge in [0.15, 0.2) is 5.82 Å². The Morgan fingerprint density at radius 2 is 2.08 bits per heavy atom. The highest BCUT2D eigenvalue weighted by Crippen LogP contribution is 2.51. The van der Waals surface area contributed by atoms with Crippen molar-refractivity contribution in [3.8, 4) is 17.2 Å². The highest BCUT2D eigenvalue weighted by atomic mass is 35.5. The van der Waals surface area contributed by atoms with Gasteiger partial charge in [-0.3, -0.25) is 9.78 Å². The largest absolute Gasteiger partial charge is 0.371 e. The normalized spacial score (nSPS) is 24.3. The smallest absolute Gasteiger partial charge is 0.226 e. The zero-order valence-corrected chi connectivity index (χ0v) is 29.8. The number of nitriles is 1. The number of halogens is 3. The number of thiazole rings is 1. The van der Waals surface area contributed by atoms with Crippen LogP contribution < -0.4 is 5.32 Å². The number of pyridine rings is 1. The van der Waals surface area contributed by atoms with Gasteiger partial charge in [-0.1, -0.05) is 35.3 Å². The fraction of sp³-hybridized carbons (Fsp3) is 0.421. The van der Waals surface area contributed by atoms with E-state index in [9.17, 15) is 10.1 Å². The Morgan fingerprint density at radius 1 is 1.22 bits per heavy atom. The van der Waals surface area contributed by atoms with Gasteiger partial charge in [0, 0.05) is 77.4 Å². The number of nitrogens with one attached hydrogen (secondary N) is 1. The summed E-state index contributed by atoms with van der Waals surface area (Å²) in [5.41, 5.74) is 6.26. The molecule has 0 spiro atoms. The fourth-order valence-electron chi connectivity index (χ4n) is 8.62. The minimum Gasteiger partial charge on any atom is -0.371 e. The Kier molecular flexibility index (Phi) is 8.13. The van der Waals surface area contributed by atoms with Crippen LogP contribution in [-0.2, 0) is 22.6 Å². The summed E-state index contributed by atoms with van der Waals surface area (Å²) in [6.45, 7) is 3.85. The average Bonchev–Trinajstić information content (AvgIpc) is 3.62. The Labute approximate surface area is 303 Å². The molecule has 0 radical (unpaired) electrons. The molecule has 3 aliphatic heterocycles. The zero-order valence-electron chi connectivity index (χ0n) is 27.5. The molecule has 2 aliphatic carbocycles. The first kappa shape index (κ1) is 32.3. The van der Waals surface area contributed by atoms with Crippen LogP contribution in [0, 0.1) is 35.9 Å². The summed E-state index contributed by atoms with van der Waals surface area (Å²) in [6.07, 6.45) is 5.86. The highest BCUT2D eigenvalue weighted by Gasteiger charge is 2.51. The van der Waals surface area contributed by atoms with E-state index in [-0.39, 0.29) is 53.0 Å². The van der Waals surface area contributed by atoms with Gasteiger partial charge >= 0.3 is 0 Å². The van der Waals surface area contributed by atoms with Crippen molar-refractivity contribution in [3.63, 3.8) is 0 Å². The molecule has 1 N–H and O–H groups in total. The number of aromatic nitrogens is 3. The van der Waals surface area contributed by atoms with E-state index in [0.717, 1.165) is 53.0 Å². The second kappa shape index (κ2) is 12.6. The van der Waals surface area contributed by atoms with Gasteiger partial charge in [0.25, 0.3) is 0 Å². The van der Waals surface area contributed by atoms with E-state index in [1.807, 2.05) is 19.2 Å². The van der Waals surface area contributed by atoms with Crippen molar-refractivity contribution in [2.24, 2.45) is 11.8 Å². The number of rotatable bonds is 9. The van der Waals surface area contributed by atoms with Crippen molar-refractivity contribution in [2.45, 2.75) is 76.3 Å². The van der Waals surface area contributed by atoms with E-state index in [1.165, 1.54) is 0 Å².